The zero-order valence-corrected chi connectivity index (χ0v) is 12.7. The Morgan fingerprint density at radius 2 is 2.15 bits per heavy atom. The topological polar surface area (TPSA) is 64.3 Å². The number of hydrogen-bond acceptors (Lipinski definition) is 3. The van der Waals surface area contributed by atoms with Gasteiger partial charge in [0.05, 0.1) is 12.5 Å². The second-order valence-electron chi connectivity index (χ2n) is 5.30. The van der Waals surface area contributed by atoms with Crippen LogP contribution in [-0.4, -0.2) is 25.1 Å². The first-order valence-electron chi connectivity index (χ1n) is 7.29. The highest BCUT2D eigenvalue weighted by Crippen LogP contribution is 2.16. The SMILES string of the molecule is CCCOc1cccc(CC(CN)C(=O)NC(C)C)c1. The van der Waals surface area contributed by atoms with Crippen LogP contribution in [0.25, 0.3) is 0 Å². The monoisotopic (exact) mass is 278 g/mol. The number of rotatable bonds is 8. The lowest BCUT2D eigenvalue weighted by atomic mass is 9.98. The highest BCUT2D eigenvalue weighted by Gasteiger charge is 2.18. The number of carbonyl (C=O) groups is 1. The van der Waals surface area contributed by atoms with E-state index in [-0.39, 0.29) is 17.9 Å². The zero-order chi connectivity index (χ0) is 15.0. The Hall–Kier alpha value is -1.55. The lowest BCUT2D eigenvalue weighted by Gasteiger charge is -2.17. The maximum absolute atomic E-state index is 12.0. The Morgan fingerprint density at radius 3 is 2.75 bits per heavy atom. The third kappa shape index (κ3) is 5.61. The molecular weight excluding hydrogens is 252 g/mol. The molecule has 0 aliphatic carbocycles. The predicted octanol–water partition coefficient (Wildman–Crippen LogP) is 2.12. The molecule has 20 heavy (non-hydrogen) atoms. The van der Waals surface area contributed by atoms with Gasteiger partial charge in [0.1, 0.15) is 5.75 Å². The Labute approximate surface area is 121 Å². The van der Waals surface area contributed by atoms with Gasteiger partial charge in [-0.2, -0.15) is 0 Å². The number of ether oxygens (including phenoxy) is 1. The Morgan fingerprint density at radius 1 is 1.40 bits per heavy atom. The molecule has 3 N–H and O–H groups in total. The maximum Gasteiger partial charge on any atom is 0.224 e. The summed E-state index contributed by atoms with van der Waals surface area (Å²) in [6, 6.07) is 8.01. The second-order valence-corrected chi connectivity index (χ2v) is 5.30. The summed E-state index contributed by atoms with van der Waals surface area (Å²) < 4.78 is 5.60. The standard InChI is InChI=1S/C16H26N2O2/c1-4-8-20-15-7-5-6-13(10-15)9-14(11-17)16(19)18-12(2)3/h5-7,10,12,14H,4,8-9,11,17H2,1-3H3,(H,18,19). The number of hydrogen-bond donors (Lipinski definition) is 2. The van der Waals surface area contributed by atoms with Crippen molar-refractivity contribution < 1.29 is 9.53 Å². The highest BCUT2D eigenvalue weighted by molar-refractivity contribution is 5.79. The van der Waals surface area contributed by atoms with Gasteiger partial charge in [-0.1, -0.05) is 19.1 Å². The molecule has 1 unspecified atom stereocenters. The number of carbonyl (C=O) groups excluding carboxylic acids is 1. The van der Waals surface area contributed by atoms with Crippen LogP contribution in [-0.2, 0) is 11.2 Å². The average Bonchev–Trinajstić information content (AvgIpc) is 2.42. The fourth-order valence-electron chi connectivity index (χ4n) is 1.95. The van der Waals surface area contributed by atoms with Gasteiger partial charge in [0, 0.05) is 12.6 Å². The Bertz CT molecular complexity index is 419. The van der Waals surface area contributed by atoms with E-state index in [9.17, 15) is 4.79 Å². The molecule has 0 saturated heterocycles. The third-order valence-electron chi connectivity index (χ3n) is 2.94. The molecule has 1 amide bonds. The van der Waals surface area contributed by atoms with E-state index in [0.29, 0.717) is 19.6 Å². The summed E-state index contributed by atoms with van der Waals surface area (Å²) in [5.74, 6) is 0.672. The van der Waals surface area contributed by atoms with E-state index >= 15 is 0 Å². The largest absolute Gasteiger partial charge is 0.494 e. The minimum Gasteiger partial charge on any atom is -0.494 e. The normalized spacial score (nSPS) is 12.2. The Kier molecular flexibility index (Phi) is 7.09. The second kappa shape index (κ2) is 8.59. The molecule has 0 heterocycles. The van der Waals surface area contributed by atoms with Gasteiger partial charge >= 0.3 is 0 Å². The molecule has 1 aromatic carbocycles. The van der Waals surface area contributed by atoms with Gasteiger partial charge in [0.25, 0.3) is 0 Å². The zero-order valence-electron chi connectivity index (χ0n) is 12.7. The molecule has 0 aliphatic rings. The minimum absolute atomic E-state index is 0.0161. The number of nitrogens with two attached hydrogens (primary N) is 1. The molecule has 0 bridgehead atoms. The summed E-state index contributed by atoms with van der Waals surface area (Å²) in [6.45, 7) is 7.02. The van der Waals surface area contributed by atoms with Crippen molar-refractivity contribution in [3.63, 3.8) is 0 Å². The quantitative estimate of drug-likeness (QED) is 0.765. The molecule has 0 saturated carbocycles. The molecule has 112 valence electrons. The summed E-state index contributed by atoms with van der Waals surface area (Å²) in [5.41, 5.74) is 6.80. The number of amides is 1. The van der Waals surface area contributed by atoms with Crippen molar-refractivity contribution in [1.82, 2.24) is 5.32 Å². The van der Waals surface area contributed by atoms with Crippen LogP contribution in [0.4, 0.5) is 0 Å². The van der Waals surface area contributed by atoms with Gasteiger partial charge in [-0.15, -0.1) is 0 Å². The first-order valence-corrected chi connectivity index (χ1v) is 7.29. The minimum atomic E-state index is -0.196. The molecule has 0 aromatic heterocycles. The van der Waals surface area contributed by atoms with E-state index in [1.54, 1.807) is 0 Å². The summed E-state index contributed by atoms with van der Waals surface area (Å²) in [5, 5.41) is 2.91. The third-order valence-corrected chi connectivity index (χ3v) is 2.94. The van der Waals surface area contributed by atoms with Gasteiger partial charge in [-0.3, -0.25) is 4.79 Å². The van der Waals surface area contributed by atoms with E-state index in [0.717, 1.165) is 17.7 Å². The van der Waals surface area contributed by atoms with Crippen molar-refractivity contribution in [2.45, 2.75) is 39.7 Å². The summed E-state index contributed by atoms with van der Waals surface area (Å²) >= 11 is 0. The predicted molar refractivity (Wildman–Crippen MR) is 81.8 cm³/mol. The van der Waals surface area contributed by atoms with Crippen molar-refractivity contribution in [2.75, 3.05) is 13.2 Å². The summed E-state index contributed by atoms with van der Waals surface area (Å²) in [7, 11) is 0. The van der Waals surface area contributed by atoms with Gasteiger partial charge in [0.15, 0.2) is 0 Å². The maximum atomic E-state index is 12.0. The lowest BCUT2D eigenvalue weighted by molar-refractivity contribution is -0.125. The summed E-state index contributed by atoms with van der Waals surface area (Å²) in [6.07, 6.45) is 1.62. The molecule has 1 aromatic rings. The molecule has 0 spiro atoms. The first kappa shape index (κ1) is 16.5. The average molecular weight is 278 g/mol. The van der Waals surface area contributed by atoms with Crippen LogP contribution in [0, 0.1) is 5.92 Å². The summed E-state index contributed by atoms with van der Waals surface area (Å²) in [4.78, 5) is 12.0. The van der Waals surface area contributed by atoms with Crippen molar-refractivity contribution in [3.8, 4) is 5.75 Å². The number of nitrogens with one attached hydrogen (secondary N) is 1. The molecule has 0 fully saturated rings. The fourth-order valence-corrected chi connectivity index (χ4v) is 1.95. The van der Waals surface area contributed by atoms with Crippen molar-refractivity contribution >= 4 is 5.91 Å². The van der Waals surface area contributed by atoms with E-state index < -0.39 is 0 Å². The van der Waals surface area contributed by atoms with Crippen molar-refractivity contribution in [1.29, 1.82) is 0 Å². The van der Waals surface area contributed by atoms with Crippen LogP contribution < -0.4 is 15.8 Å². The molecule has 0 radical (unpaired) electrons. The lowest BCUT2D eigenvalue weighted by Crippen LogP contribution is -2.39. The van der Waals surface area contributed by atoms with Crippen LogP contribution in [0.3, 0.4) is 0 Å². The van der Waals surface area contributed by atoms with Crippen molar-refractivity contribution in [3.05, 3.63) is 29.8 Å². The van der Waals surface area contributed by atoms with Gasteiger partial charge < -0.3 is 15.8 Å². The van der Waals surface area contributed by atoms with Crippen molar-refractivity contribution in [2.24, 2.45) is 11.7 Å². The smallest absolute Gasteiger partial charge is 0.224 e. The Balaban J connectivity index is 2.67. The van der Waals surface area contributed by atoms with Crippen LogP contribution >= 0.6 is 0 Å². The van der Waals surface area contributed by atoms with E-state index in [1.807, 2.05) is 38.1 Å². The van der Waals surface area contributed by atoms with Crippen LogP contribution in [0.1, 0.15) is 32.8 Å². The van der Waals surface area contributed by atoms with E-state index in [1.165, 1.54) is 0 Å². The fraction of sp³-hybridized carbons (Fsp3) is 0.562. The molecule has 1 atom stereocenters. The molecule has 4 heteroatoms. The molecular formula is C16H26N2O2. The van der Waals surface area contributed by atoms with Crippen LogP contribution in [0.15, 0.2) is 24.3 Å². The molecule has 1 rings (SSSR count). The van der Waals surface area contributed by atoms with Gasteiger partial charge in [0.2, 0.25) is 5.91 Å². The van der Waals surface area contributed by atoms with Crippen LogP contribution in [0.5, 0.6) is 5.75 Å². The van der Waals surface area contributed by atoms with Gasteiger partial charge in [-0.25, -0.2) is 0 Å². The van der Waals surface area contributed by atoms with Crippen LogP contribution in [0.2, 0.25) is 0 Å². The van der Waals surface area contributed by atoms with E-state index in [2.05, 4.69) is 12.2 Å². The van der Waals surface area contributed by atoms with E-state index in [4.69, 9.17) is 10.5 Å². The molecule has 4 nitrogen and oxygen atoms in total. The number of benzene rings is 1. The van der Waals surface area contributed by atoms with Gasteiger partial charge in [-0.05, 0) is 44.4 Å². The first-order chi connectivity index (χ1) is 9.56. The molecule has 0 aliphatic heterocycles. The highest BCUT2D eigenvalue weighted by atomic mass is 16.5.